The number of nitrogens with one attached hydrogen (secondary N) is 2. The summed E-state index contributed by atoms with van der Waals surface area (Å²) in [6.07, 6.45) is 0. The number of rotatable bonds is 4. The van der Waals surface area contributed by atoms with Crippen molar-refractivity contribution in [2.45, 2.75) is 0 Å². The first-order valence-corrected chi connectivity index (χ1v) is 8.13. The topological polar surface area (TPSA) is 58.2 Å². The van der Waals surface area contributed by atoms with Crippen molar-refractivity contribution in [3.05, 3.63) is 94.8 Å². The molecule has 0 atom stereocenters. The number of carbonyl (C=O) groups excluding carboxylic acids is 2. The Bertz CT molecular complexity index is 975. The second kappa shape index (κ2) is 7.80. The molecule has 0 aliphatic heterocycles. The van der Waals surface area contributed by atoms with E-state index in [1.807, 2.05) is 0 Å². The van der Waals surface area contributed by atoms with Gasteiger partial charge in [-0.1, -0.05) is 35.9 Å². The van der Waals surface area contributed by atoms with Gasteiger partial charge in [0.15, 0.2) is 0 Å². The van der Waals surface area contributed by atoms with Crippen molar-refractivity contribution in [2.24, 2.45) is 0 Å². The van der Waals surface area contributed by atoms with Crippen LogP contribution < -0.4 is 10.6 Å². The van der Waals surface area contributed by atoms with E-state index < -0.39 is 11.7 Å². The molecule has 0 saturated carbocycles. The highest BCUT2D eigenvalue weighted by Gasteiger charge is 2.12. The molecule has 4 nitrogen and oxygen atoms in total. The van der Waals surface area contributed by atoms with Gasteiger partial charge >= 0.3 is 0 Å². The first kappa shape index (κ1) is 17.6. The zero-order valence-corrected chi connectivity index (χ0v) is 14.3. The van der Waals surface area contributed by atoms with Crippen LogP contribution in [0.4, 0.5) is 15.8 Å². The molecule has 3 aromatic carbocycles. The van der Waals surface area contributed by atoms with Crippen LogP contribution in [0, 0.1) is 5.82 Å². The number of carbonyl (C=O) groups is 2. The number of amides is 2. The Hall–Kier alpha value is -3.18. The lowest BCUT2D eigenvalue weighted by atomic mass is 10.1. The molecule has 0 radical (unpaired) electrons. The fraction of sp³-hybridized carbons (Fsp3) is 0. The quantitative estimate of drug-likeness (QED) is 0.682. The minimum absolute atomic E-state index is 0.0683. The van der Waals surface area contributed by atoms with Gasteiger partial charge in [0.25, 0.3) is 11.8 Å². The fourth-order valence-corrected chi connectivity index (χ4v) is 2.54. The maximum atomic E-state index is 13.7. The monoisotopic (exact) mass is 368 g/mol. The van der Waals surface area contributed by atoms with E-state index >= 15 is 0 Å². The van der Waals surface area contributed by atoms with E-state index in [0.29, 0.717) is 22.0 Å². The number of anilines is 2. The van der Waals surface area contributed by atoms with Crippen LogP contribution in [0.2, 0.25) is 5.02 Å². The van der Waals surface area contributed by atoms with Crippen molar-refractivity contribution in [1.29, 1.82) is 0 Å². The minimum atomic E-state index is -0.611. The highest BCUT2D eigenvalue weighted by molar-refractivity contribution is 6.31. The van der Waals surface area contributed by atoms with Crippen LogP contribution in [0.25, 0.3) is 0 Å². The lowest BCUT2D eigenvalue weighted by molar-refractivity contribution is 0.101. The minimum Gasteiger partial charge on any atom is -0.322 e. The standard InChI is InChI=1S/C20H14ClFN2O2/c21-14-6-4-8-16(12-14)23-19(25)13-5-3-7-15(11-13)24-20(26)17-9-1-2-10-18(17)22/h1-12H,(H,23,25)(H,24,26). The second-order valence-corrected chi connectivity index (χ2v) is 5.92. The van der Waals surface area contributed by atoms with Crippen molar-refractivity contribution in [3.8, 4) is 0 Å². The molecule has 6 heteroatoms. The molecule has 130 valence electrons. The van der Waals surface area contributed by atoms with Gasteiger partial charge in [-0.2, -0.15) is 0 Å². The first-order chi connectivity index (χ1) is 12.5. The van der Waals surface area contributed by atoms with Crippen LogP contribution in [0.15, 0.2) is 72.8 Å². The molecule has 0 heterocycles. The Morgan fingerprint density at radius 3 is 2.15 bits per heavy atom. The Balaban J connectivity index is 1.74. The van der Waals surface area contributed by atoms with E-state index in [9.17, 15) is 14.0 Å². The molecule has 2 N–H and O–H groups in total. The Morgan fingerprint density at radius 2 is 1.42 bits per heavy atom. The van der Waals surface area contributed by atoms with Crippen LogP contribution in [0.3, 0.4) is 0 Å². The average Bonchev–Trinajstić information content (AvgIpc) is 2.62. The van der Waals surface area contributed by atoms with Crippen LogP contribution in [0.5, 0.6) is 0 Å². The van der Waals surface area contributed by atoms with Gasteiger partial charge in [-0.15, -0.1) is 0 Å². The van der Waals surface area contributed by atoms with Gasteiger partial charge in [-0.05, 0) is 48.5 Å². The van der Waals surface area contributed by atoms with Crippen LogP contribution in [0.1, 0.15) is 20.7 Å². The second-order valence-electron chi connectivity index (χ2n) is 5.48. The number of hydrogen-bond donors (Lipinski definition) is 2. The van der Waals surface area contributed by atoms with Gasteiger partial charge in [0.05, 0.1) is 5.56 Å². The summed E-state index contributed by atoms with van der Waals surface area (Å²) in [4.78, 5) is 24.5. The van der Waals surface area contributed by atoms with E-state index in [2.05, 4.69) is 10.6 Å². The molecule has 3 rings (SSSR count). The SMILES string of the molecule is O=C(Nc1cccc(Cl)c1)c1cccc(NC(=O)c2ccccc2F)c1. The van der Waals surface area contributed by atoms with Crippen LogP contribution >= 0.6 is 11.6 Å². The third-order valence-electron chi connectivity index (χ3n) is 3.58. The first-order valence-electron chi connectivity index (χ1n) is 7.76. The molecule has 0 bridgehead atoms. The van der Waals surface area contributed by atoms with Gasteiger partial charge in [0.2, 0.25) is 0 Å². The zero-order chi connectivity index (χ0) is 18.5. The molecular weight excluding hydrogens is 355 g/mol. The lowest BCUT2D eigenvalue weighted by Gasteiger charge is -2.09. The smallest absolute Gasteiger partial charge is 0.258 e. The lowest BCUT2D eigenvalue weighted by Crippen LogP contribution is -2.15. The Morgan fingerprint density at radius 1 is 0.769 bits per heavy atom. The third-order valence-corrected chi connectivity index (χ3v) is 3.82. The van der Waals surface area contributed by atoms with Gasteiger partial charge in [0, 0.05) is 22.0 Å². The average molecular weight is 369 g/mol. The number of halogens is 2. The van der Waals surface area contributed by atoms with Crippen molar-refractivity contribution in [3.63, 3.8) is 0 Å². The molecule has 0 fully saturated rings. The fourth-order valence-electron chi connectivity index (χ4n) is 2.35. The molecule has 26 heavy (non-hydrogen) atoms. The van der Waals surface area contributed by atoms with Gasteiger partial charge in [-0.3, -0.25) is 9.59 Å². The van der Waals surface area contributed by atoms with E-state index in [4.69, 9.17) is 11.6 Å². The Kier molecular flexibility index (Phi) is 5.29. The summed E-state index contributed by atoms with van der Waals surface area (Å²) in [6.45, 7) is 0. The normalized spacial score (nSPS) is 10.2. The Labute approximate surface area is 154 Å². The summed E-state index contributed by atoms with van der Waals surface area (Å²) in [5, 5.41) is 5.82. The molecule has 0 spiro atoms. The molecule has 2 amide bonds. The summed E-state index contributed by atoms with van der Waals surface area (Å²) >= 11 is 5.90. The molecule has 0 unspecified atom stereocenters. The highest BCUT2D eigenvalue weighted by Crippen LogP contribution is 2.18. The van der Waals surface area contributed by atoms with E-state index in [0.717, 1.165) is 0 Å². The predicted octanol–water partition coefficient (Wildman–Crippen LogP) is 4.98. The summed E-state index contributed by atoms with van der Waals surface area (Å²) in [7, 11) is 0. The summed E-state index contributed by atoms with van der Waals surface area (Å²) < 4.78 is 13.7. The maximum absolute atomic E-state index is 13.7. The molecule has 0 aromatic heterocycles. The van der Waals surface area contributed by atoms with Gasteiger partial charge < -0.3 is 10.6 Å². The van der Waals surface area contributed by atoms with Crippen LogP contribution in [-0.4, -0.2) is 11.8 Å². The van der Waals surface area contributed by atoms with Crippen LogP contribution in [-0.2, 0) is 0 Å². The largest absolute Gasteiger partial charge is 0.322 e. The molecular formula is C20H14ClFN2O2. The van der Waals surface area contributed by atoms with Crippen molar-refractivity contribution < 1.29 is 14.0 Å². The predicted molar refractivity (Wildman–Crippen MR) is 100 cm³/mol. The van der Waals surface area contributed by atoms with Crippen molar-refractivity contribution in [1.82, 2.24) is 0 Å². The highest BCUT2D eigenvalue weighted by atomic mass is 35.5. The zero-order valence-electron chi connectivity index (χ0n) is 13.5. The maximum Gasteiger partial charge on any atom is 0.258 e. The van der Waals surface area contributed by atoms with E-state index in [1.165, 1.54) is 24.3 Å². The number of benzene rings is 3. The summed E-state index contributed by atoms with van der Waals surface area (Å²) in [5.74, 6) is -1.55. The molecule has 3 aromatic rings. The van der Waals surface area contributed by atoms with Crippen molar-refractivity contribution >= 4 is 34.8 Å². The molecule has 0 aliphatic carbocycles. The van der Waals surface area contributed by atoms with Gasteiger partial charge in [0.1, 0.15) is 5.82 Å². The molecule has 0 saturated heterocycles. The van der Waals surface area contributed by atoms with Crippen molar-refractivity contribution in [2.75, 3.05) is 10.6 Å². The van der Waals surface area contributed by atoms with Gasteiger partial charge in [-0.25, -0.2) is 4.39 Å². The summed E-state index contributed by atoms with van der Waals surface area (Å²) in [6, 6.07) is 18.8. The molecule has 0 aliphatic rings. The summed E-state index contributed by atoms with van der Waals surface area (Å²) in [5.41, 5.74) is 1.22. The third kappa shape index (κ3) is 4.26. The van der Waals surface area contributed by atoms with E-state index in [-0.39, 0.29) is 11.5 Å². The van der Waals surface area contributed by atoms with E-state index in [1.54, 1.807) is 48.5 Å². The number of hydrogen-bond acceptors (Lipinski definition) is 2.